The Bertz CT molecular complexity index is 591. The van der Waals surface area contributed by atoms with Crippen molar-refractivity contribution in [2.24, 2.45) is 0 Å². The first-order valence-electron chi connectivity index (χ1n) is 4.80. The van der Waals surface area contributed by atoms with Crippen LogP contribution in [0.3, 0.4) is 0 Å². The minimum atomic E-state index is -0.321. The van der Waals surface area contributed by atoms with E-state index in [1.54, 1.807) is 6.08 Å². The molecule has 0 atom stereocenters. The number of aryl methyl sites for hydroxylation is 2. The molecule has 76 valence electrons. The molecule has 0 saturated heterocycles. The Morgan fingerprint density at radius 3 is 2.73 bits per heavy atom. The predicted octanol–water partition coefficient (Wildman–Crippen LogP) is 3.05. The molecule has 0 amide bonds. The lowest BCUT2D eigenvalue weighted by Crippen LogP contribution is -2.05. The van der Waals surface area contributed by atoms with Gasteiger partial charge < -0.3 is 4.42 Å². The Kier molecular flexibility index (Phi) is 2.19. The average molecular weight is 200 g/mol. The monoisotopic (exact) mass is 200 g/mol. The van der Waals surface area contributed by atoms with Gasteiger partial charge in [-0.3, -0.25) is 0 Å². The van der Waals surface area contributed by atoms with E-state index in [1.165, 1.54) is 0 Å². The zero-order valence-corrected chi connectivity index (χ0v) is 8.83. The van der Waals surface area contributed by atoms with Crippen LogP contribution in [0.15, 0.2) is 34.0 Å². The number of fused-ring (bicyclic) bond motifs is 1. The van der Waals surface area contributed by atoms with Crippen molar-refractivity contribution in [3.63, 3.8) is 0 Å². The molecule has 2 heteroatoms. The summed E-state index contributed by atoms with van der Waals surface area (Å²) in [5.41, 5.74) is 2.94. The quantitative estimate of drug-likeness (QED) is 0.662. The lowest BCUT2D eigenvalue weighted by Gasteiger charge is -2.04. The lowest BCUT2D eigenvalue weighted by atomic mass is 10.0. The highest BCUT2D eigenvalue weighted by Crippen LogP contribution is 2.20. The molecule has 0 bridgehead atoms. The van der Waals surface area contributed by atoms with Crippen molar-refractivity contribution in [1.82, 2.24) is 0 Å². The molecule has 0 radical (unpaired) electrons. The summed E-state index contributed by atoms with van der Waals surface area (Å²) < 4.78 is 5.19. The molecule has 15 heavy (non-hydrogen) atoms. The molecule has 1 aromatic carbocycles. The molecule has 0 aliphatic heterocycles. The summed E-state index contributed by atoms with van der Waals surface area (Å²) in [7, 11) is 0. The zero-order valence-electron chi connectivity index (χ0n) is 8.83. The average Bonchev–Trinajstić information content (AvgIpc) is 2.20. The van der Waals surface area contributed by atoms with Crippen LogP contribution in [-0.2, 0) is 0 Å². The number of hydrogen-bond donors (Lipinski definition) is 0. The van der Waals surface area contributed by atoms with Crippen LogP contribution in [-0.4, -0.2) is 0 Å². The smallest absolute Gasteiger partial charge is 0.343 e. The molecular formula is C13H12O2. The molecule has 0 N–H and O–H groups in total. The summed E-state index contributed by atoms with van der Waals surface area (Å²) in [6, 6.07) is 5.77. The van der Waals surface area contributed by atoms with Crippen molar-refractivity contribution in [1.29, 1.82) is 0 Å². The molecule has 0 saturated carbocycles. The van der Waals surface area contributed by atoms with Crippen molar-refractivity contribution >= 4 is 17.0 Å². The second kappa shape index (κ2) is 3.39. The van der Waals surface area contributed by atoms with Gasteiger partial charge >= 0.3 is 5.63 Å². The van der Waals surface area contributed by atoms with Crippen molar-refractivity contribution in [3.8, 4) is 0 Å². The highest BCUT2D eigenvalue weighted by molar-refractivity contribution is 5.83. The van der Waals surface area contributed by atoms with Gasteiger partial charge in [-0.1, -0.05) is 24.3 Å². The molecule has 0 aliphatic rings. The van der Waals surface area contributed by atoms with Gasteiger partial charge in [0.05, 0.1) is 5.56 Å². The second-order valence-electron chi connectivity index (χ2n) is 3.63. The minimum absolute atomic E-state index is 0.321. The summed E-state index contributed by atoms with van der Waals surface area (Å²) in [5.74, 6) is 0. The Morgan fingerprint density at radius 2 is 2.07 bits per heavy atom. The first-order chi connectivity index (χ1) is 7.13. The first-order valence-corrected chi connectivity index (χ1v) is 4.80. The maximum atomic E-state index is 11.5. The second-order valence-corrected chi connectivity index (χ2v) is 3.63. The lowest BCUT2D eigenvalue weighted by molar-refractivity contribution is 0.558. The minimum Gasteiger partial charge on any atom is -0.422 e. The van der Waals surface area contributed by atoms with E-state index >= 15 is 0 Å². The molecule has 2 rings (SSSR count). The van der Waals surface area contributed by atoms with E-state index < -0.39 is 0 Å². The van der Waals surface area contributed by atoms with Crippen LogP contribution in [0.5, 0.6) is 0 Å². The van der Waals surface area contributed by atoms with Gasteiger partial charge in [0.15, 0.2) is 0 Å². The molecule has 1 heterocycles. The number of benzene rings is 1. The summed E-state index contributed by atoms with van der Waals surface area (Å²) in [6.07, 6.45) is 1.54. The van der Waals surface area contributed by atoms with Gasteiger partial charge in [-0.05, 0) is 31.5 Å². The highest BCUT2D eigenvalue weighted by atomic mass is 16.4. The van der Waals surface area contributed by atoms with E-state index in [4.69, 9.17) is 4.42 Å². The van der Waals surface area contributed by atoms with E-state index in [-0.39, 0.29) is 5.63 Å². The van der Waals surface area contributed by atoms with Crippen molar-refractivity contribution in [2.75, 3.05) is 0 Å². The fourth-order valence-electron chi connectivity index (χ4n) is 1.72. The molecule has 2 aromatic rings. The van der Waals surface area contributed by atoms with E-state index in [2.05, 4.69) is 6.58 Å². The van der Waals surface area contributed by atoms with Crippen LogP contribution in [0.2, 0.25) is 0 Å². The van der Waals surface area contributed by atoms with Gasteiger partial charge in [-0.2, -0.15) is 0 Å². The fourth-order valence-corrected chi connectivity index (χ4v) is 1.72. The van der Waals surface area contributed by atoms with Gasteiger partial charge in [0, 0.05) is 5.39 Å². The van der Waals surface area contributed by atoms with E-state index in [1.807, 2.05) is 32.0 Å². The molecule has 0 fully saturated rings. The van der Waals surface area contributed by atoms with Crippen LogP contribution in [0.1, 0.15) is 16.7 Å². The molecule has 0 spiro atoms. The summed E-state index contributed by atoms with van der Waals surface area (Å²) in [5, 5.41) is 0.976. The number of hydrogen-bond acceptors (Lipinski definition) is 2. The normalized spacial score (nSPS) is 10.5. The van der Waals surface area contributed by atoms with Crippen molar-refractivity contribution in [3.05, 3.63) is 51.9 Å². The van der Waals surface area contributed by atoms with E-state index in [0.29, 0.717) is 11.1 Å². The first kappa shape index (κ1) is 9.71. The molecule has 2 nitrogen and oxygen atoms in total. The summed E-state index contributed by atoms with van der Waals surface area (Å²) >= 11 is 0. The molecule has 1 aromatic heterocycles. The highest BCUT2D eigenvalue weighted by Gasteiger charge is 2.07. The topological polar surface area (TPSA) is 30.2 Å². The SMILES string of the molecule is C=Cc1c(C)c2cc(C)ccc2oc1=O. The van der Waals surface area contributed by atoms with Crippen LogP contribution in [0.4, 0.5) is 0 Å². The molecule has 0 aliphatic carbocycles. The van der Waals surface area contributed by atoms with Gasteiger partial charge in [0.2, 0.25) is 0 Å². The molecule has 0 unspecified atom stereocenters. The van der Waals surface area contributed by atoms with Gasteiger partial charge in [0.25, 0.3) is 0 Å². The largest absolute Gasteiger partial charge is 0.422 e. The van der Waals surface area contributed by atoms with Crippen molar-refractivity contribution in [2.45, 2.75) is 13.8 Å². The Morgan fingerprint density at radius 1 is 1.33 bits per heavy atom. The van der Waals surface area contributed by atoms with Crippen LogP contribution in [0.25, 0.3) is 17.0 Å². The Balaban J connectivity index is 2.98. The maximum absolute atomic E-state index is 11.5. The molecular weight excluding hydrogens is 188 g/mol. The number of rotatable bonds is 1. The van der Waals surface area contributed by atoms with Crippen LogP contribution in [0, 0.1) is 13.8 Å². The standard InChI is InChI=1S/C13H12O2/c1-4-10-9(3)11-7-8(2)5-6-12(11)15-13(10)14/h4-7H,1H2,2-3H3. The third kappa shape index (κ3) is 1.48. The summed E-state index contributed by atoms with van der Waals surface area (Å²) in [6.45, 7) is 7.55. The van der Waals surface area contributed by atoms with E-state index in [9.17, 15) is 4.79 Å². The fraction of sp³-hybridized carbons (Fsp3) is 0.154. The van der Waals surface area contributed by atoms with Gasteiger partial charge in [-0.15, -0.1) is 0 Å². The maximum Gasteiger partial charge on any atom is 0.343 e. The van der Waals surface area contributed by atoms with Gasteiger partial charge in [-0.25, -0.2) is 4.79 Å². The van der Waals surface area contributed by atoms with Gasteiger partial charge in [0.1, 0.15) is 5.58 Å². The van der Waals surface area contributed by atoms with Crippen LogP contribution < -0.4 is 5.63 Å². The third-order valence-corrected chi connectivity index (χ3v) is 2.57. The summed E-state index contributed by atoms with van der Waals surface area (Å²) in [4.78, 5) is 11.5. The Labute approximate surface area is 87.8 Å². The Hall–Kier alpha value is -1.83. The zero-order chi connectivity index (χ0) is 11.0. The predicted molar refractivity (Wildman–Crippen MR) is 62.0 cm³/mol. The van der Waals surface area contributed by atoms with Crippen molar-refractivity contribution < 1.29 is 4.42 Å². The third-order valence-electron chi connectivity index (χ3n) is 2.57. The van der Waals surface area contributed by atoms with Crippen LogP contribution >= 0.6 is 0 Å². The van der Waals surface area contributed by atoms with E-state index in [0.717, 1.165) is 16.5 Å².